The summed E-state index contributed by atoms with van der Waals surface area (Å²) in [4.78, 5) is 28.9. The number of rotatable bonds is 6. The van der Waals surface area contributed by atoms with Crippen molar-refractivity contribution in [2.45, 2.75) is 13.0 Å². The number of nitrogens with zero attached hydrogens (tertiary/aromatic N) is 2. The minimum Gasteiger partial charge on any atom is -0.489 e. The van der Waals surface area contributed by atoms with E-state index in [1.807, 2.05) is 12.1 Å². The summed E-state index contributed by atoms with van der Waals surface area (Å²) in [5.74, 6) is 0.619. The molecule has 1 saturated heterocycles. The molecule has 0 bridgehead atoms. The SMILES string of the molecule is O=C(CN1CCCNC1=O)Oc1ccc(OCc2ccncc2)cc1. The Morgan fingerprint density at radius 1 is 1.12 bits per heavy atom. The van der Waals surface area contributed by atoms with E-state index >= 15 is 0 Å². The van der Waals surface area contributed by atoms with Crippen molar-refractivity contribution in [3.05, 3.63) is 54.4 Å². The monoisotopic (exact) mass is 341 g/mol. The number of esters is 1. The van der Waals surface area contributed by atoms with Crippen LogP contribution in [0.4, 0.5) is 4.79 Å². The summed E-state index contributed by atoms with van der Waals surface area (Å²) < 4.78 is 10.9. The van der Waals surface area contributed by atoms with E-state index in [1.54, 1.807) is 36.7 Å². The molecule has 1 aromatic carbocycles. The molecular formula is C18H19N3O4. The number of ether oxygens (including phenoxy) is 2. The van der Waals surface area contributed by atoms with Crippen molar-refractivity contribution in [2.75, 3.05) is 19.6 Å². The van der Waals surface area contributed by atoms with Crippen molar-refractivity contribution >= 4 is 12.0 Å². The highest BCUT2D eigenvalue weighted by molar-refractivity contribution is 5.82. The molecule has 0 unspecified atom stereocenters. The van der Waals surface area contributed by atoms with Crippen molar-refractivity contribution in [2.24, 2.45) is 0 Å². The molecule has 2 amide bonds. The molecule has 130 valence electrons. The zero-order valence-electron chi connectivity index (χ0n) is 13.7. The zero-order valence-corrected chi connectivity index (χ0v) is 13.7. The van der Waals surface area contributed by atoms with Gasteiger partial charge in [-0.15, -0.1) is 0 Å². The summed E-state index contributed by atoms with van der Waals surface area (Å²) in [5.41, 5.74) is 1.02. The largest absolute Gasteiger partial charge is 0.489 e. The fourth-order valence-corrected chi connectivity index (χ4v) is 2.40. The molecule has 2 aromatic rings. The van der Waals surface area contributed by atoms with Crippen LogP contribution in [-0.4, -0.2) is 41.5 Å². The highest BCUT2D eigenvalue weighted by Crippen LogP contribution is 2.19. The predicted octanol–water partition coefficient (Wildman–Crippen LogP) is 1.98. The van der Waals surface area contributed by atoms with Crippen LogP contribution in [-0.2, 0) is 11.4 Å². The highest BCUT2D eigenvalue weighted by Gasteiger charge is 2.21. The fraction of sp³-hybridized carbons (Fsp3) is 0.278. The van der Waals surface area contributed by atoms with Crippen LogP contribution >= 0.6 is 0 Å². The molecule has 1 aliphatic rings. The predicted molar refractivity (Wildman–Crippen MR) is 90.2 cm³/mol. The molecule has 0 atom stereocenters. The van der Waals surface area contributed by atoms with Gasteiger partial charge in [-0.1, -0.05) is 0 Å². The van der Waals surface area contributed by atoms with Crippen molar-refractivity contribution in [1.29, 1.82) is 0 Å². The van der Waals surface area contributed by atoms with Gasteiger partial charge < -0.3 is 19.7 Å². The van der Waals surface area contributed by atoms with E-state index < -0.39 is 5.97 Å². The van der Waals surface area contributed by atoms with Crippen LogP contribution in [0.25, 0.3) is 0 Å². The van der Waals surface area contributed by atoms with Crippen LogP contribution in [0.3, 0.4) is 0 Å². The summed E-state index contributed by atoms with van der Waals surface area (Å²) in [6.07, 6.45) is 4.25. The first kappa shape index (κ1) is 16.8. The van der Waals surface area contributed by atoms with E-state index in [1.165, 1.54) is 4.90 Å². The molecule has 0 radical (unpaired) electrons. The second kappa shape index (κ2) is 8.14. The van der Waals surface area contributed by atoms with Crippen LogP contribution in [0, 0.1) is 0 Å². The van der Waals surface area contributed by atoms with E-state index in [-0.39, 0.29) is 12.6 Å². The second-order valence-corrected chi connectivity index (χ2v) is 5.60. The third kappa shape index (κ3) is 4.94. The number of carbonyl (C=O) groups excluding carboxylic acids is 2. The number of carbonyl (C=O) groups is 2. The minimum atomic E-state index is -0.470. The van der Waals surface area contributed by atoms with Gasteiger partial charge in [-0.2, -0.15) is 0 Å². The Bertz CT molecular complexity index is 719. The molecule has 1 N–H and O–H groups in total. The van der Waals surface area contributed by atoms with Gasteiger partial charge in [0.15, 0.2) is 0 Å². The van der Waals surface area contributed by atoms with Gasteiger partial charge in [-0.25, -0.2) is 9.59 Å². The van der Waals surface area contributed by atoms with Gasteiger partial charge in [0.25, 0.3) is 0 Å². The molecule has 2 heterocycles. The topological polar surface area (TPSA) is 80.8 Å². The standard InChI is InChI=1S/C18H19N3O4/c22-17(12-21-11-1-8-20-18(21)23)25-16-4-2-15(3-5-16)24-13-14-6-9-19-10-7-14/h2-7,9-10H,1,8,11-13H2,(H,20,23). The van der Waals surface area contributed by atoms with Gasteiger partial charge in [0.1, 0.15) is 24.7 Å². The van der Waals surface area contributed by atoms with E-state index in [0.29, 0.717) is 31.2 Å². The Balaban J connectivity index is 1.48. The van der Waals surface area contributed by atoms with Crippen LogP contribution in [0.2, 0.25) is 0 Å². The Morgan fingerprint density at radius 3 is 2.56 bits per heavy atom. The first-order chi connectivity index (χ1) is 12.2. The van der Waals surface area contributed by atoms with E-state index in [0.717, 1.165) is 12.0 Å². The number of urea groups is 1. The Hall–Kier alpha value is -3.09. The number of nitrogens with one attached hydrogen (secondary N) is 1. The van der Waals surface area contributed by atoms with Gasteiger partial charge in [0, 0.05) is 25.5 Å². The maximum Gasteiger partial charge on any atom is 0.331 e. The van der Waals surface area contributed by atoms with Crippen molar-refractivity contribution in [3.8, 4) is 11.5 Å². The van der Waals surface area contributed by atoms with Gasteiger partial charge in [-0.3, -0.25) is 4.98 Å². The van der Waals surface area contributed by atoms with Crippen LogP contribution in [0.1, 0.15) is 12.0 Å². The normalized spacial score (nSPS) is 13.9. The van der Waals surface area contributed by atoms with Crippen LogP contribution in [0.15, 0.2) is 48.8 Å². The number of aromatic nitrogens is 1. The second-order valence-electron chi connectivity index (χ2n) is 5.60. The molecule has 7 heteroatoms. The lowest BCUT2D eigenvalue weighted by Crippen LogP contribution is -2.48. The highest BCUT2D eigenvalue weighted by atomic mass is 16.5. The van der Waals surface area contributed by atoms with Gasteiger partial charge >= 0.3 is 12.0 Å². The first-order valence-electron chi connectivity index (χ1n) is 8.06. The van der Waals surface area contributed by atoms with Crippen molar-refractivity contribution in [1.82, 2.24) is 15.2 Å². The third-order valence-electron chi connectivity index (χ3n) is 3.70. The maximum absolute atomic E-state index is 11.9. The molecule has 0 spiro atoms. The average molecular weight is 341 g/mol. The Morgan fingerprint density at radius 2 is 1.84 bits per heavy atom. The average Bonchev–Trinajstić information content (AvgIpc) is 2.64. The summed E-state index contributed by atoms with van der Waals surface area (Å²) in [5, 5.41) is 2.70. The molecule has 1 aliphatic heterocycles. The molecule has 3 rings (SSSR count). The molecule has 25 heavy (non-hydrogen) atoms. The van der Waals surface area contributed by atoms with Gasteiger partial charge in [-0.05, 0) is 48.4 Å². The van der Waals surface area contributed by atoms with Gasteiger partial charge in [0.05, 0.1) is 0 Å². The molecule has 0 aliphatic carbocycles. The lowest BCUT2D eigenvalue weighted by atomic mass is 10.3. The number of amides is 2. The van der Waals surface area contributed by atoms with E-state index in [9.17, 15) is 9.59 Å². The third-order valence-corrected chi connectivity index (χ3v) is 3.70. The van der Waals surface area contributed by atoms with Crippen molar-refractivity contribution < 1.29 is 19.1 Å². The fourth-order valence-electron chi connectivity index (χ4n) is 2.40. The molecule has 0 saturated carbocycles. The lowest BCUT2D eigenvalue weighted by molar-refractivity contribution is -0.135. The molecule has 7 nitrogen and oxygen atoms in total. The molecule has 1 aromatic heterocycles. The quantitative estimate of drug-likeness (QED) is 0.642. The Labute approximate surface area is 145 Å². The Kier molecular flexibility index (Phi) is 5.46. The first-order valence-corrected chi connectivity index (χ1v) is 8.06. The van der Waals surface area contributed by atoms with Gasteiger partial charge in [0.2, 0.25) is 0 Å². The van der Waals surface area contributed by atoms with Crippen LogP contribution < -0.4 is 14.8 Å². The summed E-state index contributed by atoms with van der Waals surface area (Å²) in [7, 11) is 0. The lowest BCUT2D eigenvalue weighted by Gasteiger charge is -2.26. The summed E-state index contributed by atoms with van der Waals surface area (Å²) in [6, 6.07) is 10.3. The number of pyridine rings is 1. The summed E-state index contributed by atoms with van der Waals surface area (Å²) >= 11 is 0. The minimum absolute atomic E-state index is 0.0634. The zero-order chi connectivity index (χ0) is 17.5. The number of hydrogen-bond acceptors (Lipinski definition) is 5. The molecular weight excluding hydrogens is 322 g/mol. The van der Waals surface area contributed by atoms with E-state index in [2.05, 4.69) is 10.3 Å². The van der Waals surface area contributed by atoms with E-state index in [4.69, 9.17) is 9.47 Å². The number of benzene rings is 1. The number of hydrogen-bond donors (Lipinski definition) is 1. The van der Waals surface area contributed by atoms with Crippen LogP contribution in [0.5, 0.6) is 11.5 Å². The maximum atomic E-state index is 11.9. The summed E-state index contributed by atoms with van der Waals surface area (Å²) in [6.45, 7) is 1.58. The molecule has 1 fully saturated rings. The smallest absolute Gasteiger partial charge is 0.331 e. The van der Waals surface area contributed by atoms with Crippen molar-refractivity contribution in [3.63, 3.8) is 0 Å².